The molecule has 3 atom stereocenters. The Morgan fingerprint density at radius 2 is 1.88 bits per heavy atom. The van der Waals surface area contributed by atoms with Crippen LogP contribution in [-0.2, 0) is 16.1 Å². The highest BCUT2D eigenvalue weighted by molar-refractivity contribution is 7.11. The van der Waals surface area contributed by atoms with E-state index >= 15 is 0 Å². The highest BCUT2D eigenvalue weighted by Crippen LogP contribution is 2.18. The Bertz CT molecular complexity index is 576. The average Bonchev–Trinajstić information content (AvgIpc) is 2.97. The van der Waals surface area contributed by atoms with E-state index in [9.17, 15) is 19.5 Å². The SMILES string of the molecule is CC(N)=O.CC(O)C(N)c1nnc(CNC(=O)N[C@@H](CO)C(=O)O)s1. The van der Waals surface area contributed by atoms with Crippen LogP contribution in [0.5, 0.6) is 0 Å². The van der Waals surface area contributed by atoms with E-state index in [1.807, 2.05) is 0 Å². The van der Waals surface area contributed by atoms with Gasteiger partial charge in [-0.15, -0.1) is 10.2 Å². The highest BCUT2D eigenvalue weighted by Gasteiger charge is 2.20. The molecular weight excluding hydrogens is 356 g/mol. The first-order valence-corrected chi connectivity index (χ1v) is 7.80. The van der Waals surface area contributed by atoms with Crippen molar-refractivity contribution in [1.29, 1.82) is 0 Å². The van der Waals surface area contributed by atoms with Crippen molar-refractivity contribution in [2.45, 2.75) is 38.6 Å². The maximum absolute atomic E-state index is 11.4. The van der Waals surface area contributed by atoms with Crippen molar-refractivity contribution in [3.8, 4) is 0 Å². The van der Waals surface area contributed by atoms with Crippen LogP contribution in [0.3, 0.4) is 0 Å². The summed E-state index contributed by atoms with van der Waals surface area (Å²) in [7, 11) is 0. The lowest BCUT2D eigenvalue weighted by atomic mass is 10.2. The van der Waals surface area contributed by atoms with Crippen LogP contribution in [0.25, 0.3) is 0 Å². The van der Waals surface area contributed by atoms with Crippen LogP contribution >= 0.6 is 11.3 Å². The number of aliphatic hydroxyl groups excluding tert-OH is 2. The number of carbonyl (C=O) groups excluding carboxylic acids is 2. The van der Waals surface area contributed by atoms with E-state index in [1.54, 1.807) is 0 Å². The number of carbonyl (C=O) groups is 3. The summed E-state index contributed by atoms with van der Waals surface area (Å²) >= 11 is 1.13. The van der Waals surface area contributed by atoms with E-state index in [4.69, 9.17) is 15.9 Å². The standard InChI is InChI=1S/C10H17N5O5S.C2H5NO/c1-4(17)7(11)8-15-14-6(21-8)2-12-10(20)13-5(3-16)9(18)19;1-2(3)4/h4-5,7,16-17H,2-3,11H2,1H3,(H,18,19)(H2,12,13,20);1H3,(H2,3,4)/t4?,5-,7?;/m0./s1. The Kier molecular flexibility index (Phi) is 10.2. The van der Waals surface area contributed by atoms with Crippen molar-refractivity contribution in [1.82, 2.24) is 20.8 Å². The molecule has 0 saturated heterocycles. The molecule has 2 unspecified atom stereocenters. The number of nitrogens with two attached hydrogens (primary N) is 2. The number of nitrogens with one attached hydrogen (secondary N) is 2. The highest BCUT2D eigenvalue weighted by atomic mass is 32.1. The maximum Gasteiger partial charge on any atom is 0.328 e. The molecule has 9 N–H and O–H groups in total. The molecule has 25 heavy (non-hydrogen) atoms. The van der Waals surface area contributed by atoms with Gasteiger partial charge in [0.15, 0.2) is 6.04 Å². The van der Waals surface area contributed by atoms with Gasteiger partial charge in [0.1, 0.15) is 10.0 Å². The average molecular weight is 378 g/mol. The molecule has 12 nitrogen and oxygen atoms in total. The molecule has 0 saturated carbocycles. The summed E-state index contributed by atoms with van der Waals surface area (Å²) in [4.78, 5) is 31.3. The number of hydrogen-bond donors (Lipinski definition) is 7. The van der Waals surface area contributed by atoms with Crippen LogP contribution in [0.1, 0.15) is 29.9 Å². The third-order valence-electron chi connectivity index (χ3n) is 2.47. The molecule has 1 rings (SSSR count). The maximum atomic E-state index is 11.4. The number of urea groups is 1. The van der Waals surface area contributed by atoms with Crippen molar-refractivity contribution in [2.75, 3.05) is 6.61 Å². The van der Waals surface area contributed by atoms with Gasteiger partial charge in [0, 0.05) is 6.92 Å². The minimum Gasteiger partial charge on any atom is -0.480 e. The van der Waals surface area contributed by atoms with Gasteiger partial charge >= 0.3 is 12.0 Å². The van der Waals surface area contributed by atoms with E-state index in [2.05, 4.69) is 26.6 Å². The minimum atomic E-state index is -1.38. The van der Waals surface area contributed by atoms with Crippen molar-refractivity contribution >= 4 is 29.2 Å². The second-order valence-electron chi connectivity index (χ2n) is 4.81. The van der Waals surface area contributed by atoms with Crippen molar-refractivity contribution in [2.24, 2.45) is 11.5 Å². The zero-order valence-corrected chi connectivity index (χ0v) is 14.5. The third-order valence-corrected chi connectivity index (χ3v) is 3.50. The van der Waals surface area contributed by atoms with E-state index in [1.165, 1.54) is 13.8 Å². The van der Waals surface area contributed by atoms with Gasteiger partial charge in [0.25, 0.3) is 0 Å². The van der Waals surface area contributed by atoms with Gasteiger partial charge in [-0.05, 0) is 6.92 Å². The number of carboxylic acids is 1. The van der Waals surface area contributed by atoms with Gasteiger partial charge in [-0.1, -0.05) is 11.3 Å². The molecule has 0 aliphatic carbocycles. The molecular formula is C12H22N6O6S. The molecule has 0 spiro atoms. The number of carboxylic acid groups (broad SMARTS) is 1. The van der Waals surface area contributed by atoms with Crippen LogP contribution in [-0.4, -0.2) is 62.2 Å². The molecule has 1 aromatic rings. The van der Waals surface area contributed by atoms with Gasteiger partial charge in [-0.3, -0.25) is 4.79 Å². The molecule has 1 heterocycles. The second-order valence-corrected chi connectivity index (χ2v) is 5.91. The Balaban J connectivity index is 0.00000129. The van der Waals surface area contributed by atoms with Crippen molar-refractivity contribution in [3.63, 3.8) is 0 Å². The van der Waals surface area contributed by atoms with Crippen LogP contribution < -0.4 is 22.1 Å². The predicted molar refractivity (Wildman–Crippen MR) is 87.3 cm³/mol. The monoisotopic (exact) mass is 378 g/mol. The fourth-order valence-electron chi connectivity index (χ4n) is 1.23. The van der Waals surface area contributed by atoms with Gasteiger partial charge in [0.2, 0.25) is 5.91 Å². The zero-order chi connectivity index (χ0) is 19.6. The summed E-state index contributed by atoms with van der Waals surface area (Å²) in [5.74, 6) is -1.67. The summed E-state index contributed by atoms with van der Waals surface area (Å²) < 4.78 is 0. The lowest BCUT2D eigenvalue weighted by molar-refractivity contribution is -0.140. The van der Waals surface area contributed by atoms with Gasteiger partial charge in [-0.25, -0.2) is 9.59 Å². The third kappa shape index (κ3) is 9.51. The normalized spacial score (nSPS) is 13.6. The van der Waals surface area contributed by atoms with E-state index in [-0.39, 0.29) is 12.5 Å². The lowest BCUT2D eigenvalue weighted by Gasteiger charge is -2.11. The fraction of sp³-hybridized carbons (Fsp3) is 0.583. The quantitative estimate of drug-likeness (QED) is 0.270. The molecule has 0 bridgehead atoms. The number of aliphatic hydroxyl groups is 2. The number of rotatable bonds is 7. The Labute approximate surface area is 147 Å². The molecule has 13 heteroatoms. The Hall–Kier alpha value is -2.35. The van der Waals surface area contributed by atoms with E-state index in [0.29, 0.717) is 10.0 Å². The lowest BCUT2D eigenvalue weighted by Crippen LogP contribution is -2.47. The van der Waals surface area contributed by atoms with Crippen LogP contribution in [0, 0.1) is 0 Å². The second kappa shape index (κ2) is 11.2. The molecule has 0 aromatic carbocycles. The van der Waals surface area contributed by atoms with Crippen LogP contribution in [0.2, 0.25) is 0 Å². The Morgan fingerprint density at radius 1 is 1.32 bits per heavy atom. The summed E-state index contributed by atoms with van der Waals surface area (Å²) in [6.45, 7) is 2.14. The topological polar surface area (TPSA) is 214 Å². The molecule has 1 aromatic heterocycles. The smallest absolute Gasteiger partial charge is 0.328 e. The largest absolute Gasteiger partial charge is 0.480 e. The summed E-state index contributed by atoms with van der Waals surface area (Å²) in [6.07, 6.45) is -0.775. The number of hydrogen-bond acceptors (Lipinski definition) is 9. The predicted octanol–water partition coefficient (Wildman–Crippen LogP) is -2.34. The summed E-state index contributed by atoms with van der Waals surface area (Å²) in [5.41, 5.74) is 10.2. The molecule has 0 aliphatic rings. The van der Waals surface area contributed by atoms with Crippen LogP contribution in [0.4, 0.5) is 4.79 Å². The number of nitrogens with zero attached hydrogens (tertiary/aromatic N) is 2. The fourth-order valence-corrected chi connectivity index (χ4v) is 2.11. The first-order valence-electron chi connectivity index (χ1n) is 6.98. The van der Waals surface area contributed by atoms with Crippen molar-refractivity contribution < 1.29 is 29.7 Å². The first-order chi connectivity index (χ1) is 11.6. The van der Waals surface area contributed by atoms with Gasteiger partial charge in [0.05, 0.1) is 25.3 Å². The van der Waals surface area contributed by atoms with Gasteiger partial charge < -0.3 is 37.4 Å². The molecule has 142 valence electrons. The molecule has 0 aliphatic heterocycles. The summed E-state index contributed by atoms with van der Waals surface area (Å²) in [6, 6.07) is -2.79. The number of aliphatic carboxylic acids is 1. The number of amides is 3. The molecule has 0 radical (unpaired) electrons. The van der Waals surface area contributed by atoms with Gasteiger partial charge in [-0.2, -0.15) is 0 Å². The minimum absolute atomic E-state index is 0.0216. The van der Waals surface area contributed by atoms with Crippen LogP contribution in [0.15, 0.2) is 0 Å². The van der Waals surface area contributed by atoms with E-state index in [0.717, 1.165) is 11.3 Å². The van der Waals surface area contributed by atoms with Crippen molar-refractivity contribution in [3.05, 3.63) is 10.0 Å². The first kappa shape index (κ1) is 22.6. The Morgan fingerprint density at radius 3 is 2.32 bits per heavy atom. The number of aromatic nitrogens is 2. The molecule has 0 fully saturated rings. The summed E-state index contributed by atoms with van der Waals surface area (Å²) in [5, 5.41) is 39.7. The van der Waals surface area contributed by atoms with E-state index < -0.39 is 36.8 Å². The molecule has 3 amide bonds. The number of primary amides is 1. The zero-order valence-electron chi connectivity index (χ0n) is 13.7.